The highest BCUT2D eigenvalue weighted by Crippen LogP contribution is 2.24. The summed E-state index contributed by atoms with van der Waals surface area (Å²) < 4.78 is 0. The summed E-state index contributed by atoms with van der Waals surface area (Å²) in [4.78, 5) is 15.0. The predicted molar refractivity (Wildman–Crippen MR) is 76.5 cm³/mol. The summed E-state index contributed by atoms with van der Waals surface area (Å²) in [7, 11) is 0. The maximum absolute atomic E-state index is 12.3. The second kappa shape index (κ2) is 7.67. The molecule has 0 aliphatic rings. The molecule has 0 saturated heterocycles. The van der Waals surface area contributed by atoms with Gasteiger partial charge in [-0.1, -0.05) is 18.5 Å². The molecule has 0 fully saturated rings. The number of rotatable bonds is 6. The molecule has 0 aliphatic heterocycles. The molecular formula is C13H18ClNO2S. The minimum Gasteiger partial charge on any atom is -0.395 e. The Bertz CT molecular complexity index is 406. The molecule has 18 heavy (non-hydrogen) atoms. The zero-order valence-corrected chi connectivity index (χ0v) is 12.2. The summed E-state index contributed by atoms with van der Waals surface area (Å²) >= 11 is 7.64. The van der Waals surface area contributed by atoms with E-state index in [1.165, 1.54) is 0 Å². The molecule has 1 rings (SSSR count). The molecule has 0 bridgehead atoms. The summed E-state index contributed by atoms with van der Waals surface area (Å²) in [6, 6.07) is 5.43. The molecule has 1 N–H and O–H groups in total. The van der Waals surface area contributed by atoms with Gasteiger partial charge in [0, 0.05) is 18.0 Å². The Morgan fingerprint density at radius 3 is 2.72 bits per heavy atom. The van der Waals surface area contributed by atoms with Gasteiger partial charge in [-0.25, -0.2) is 0 Å². The zero-order chi connectivity index (χ0) is 13.5. The molecule has 0 heterocycles. The lowest BCUT2D eigenvalue weighted by atomic mass is 10.2. The number of nitrogens with zero attached hydrogens (tertiary/aromatic N) is 1. The predicted octanol–water partition coefficient (Wildman–Crippen LogP) is 2.91. The SMILES string of the molecule is CCCN(CCO)C(=O)c1cc(SC)ccc1Cl. The van der Waals surface area contributed by atoms with Crippen LogP contribution in [0.2, 0.25) is 5.02 Å². The van der Waals surface area contributed by atoms with Crippen LogP contribution in [-0.4, -0.2) is 41.9 Å². The molecule has 1 aromatic carbocycles. The lowest BCUT2D eigenvalue weighted by molar-refractivity contribution is 0.0722. The van der Waals surface area contributed by atoms with E-state index < -0.39 is 0 Å². The van der Waals surface area contributed by atoms with Crippen molar-refractivity contribution >= 4 is 29.3 Å². The van der Waals surface area contributed by atoms with E-state index in [0.717, 1.165) is 11.3 Å². The van der Waals surface area contributed by atoms with E-state index in [0.29, 0.717) is 23.7 Å². The van der Waals surface area contributed by atoms with Gasteiger partial charge in [-0.05, 0) is 30.9 Å². The first-order chi connectivity index (χ1) is 8.63. The van der Waals surface area contributed by atoms with Gasteiger partial charge in [0.2, 0.25) is 0 Å². The van der Waals surface area contributed by atoms with E-state index in [1.807, 2.05) is 19.2 Å². The fourth-order valence-electron chi connectivity index (χ4n) is 1.67. The molecule has 0 radical (unpaired) electrons. The monoisotopic (exact) mass is 287 g/mol. The van der Waals surface area contributed by atoms with E-state index in [-0.39, 0.29) is 12.5 Å². The smallest absolute Gasteiger partial charge is 0.255 e. The van der Waals surface area contributed by atoms with Crippen molar-refractivity contribution in [3.63, 3.8) is 0 Å². The Hall–Kier alpha value is -0.710. The summed E-state index contributed by atoms with van der Waals surface area (Å²) in [6.07, 6.45) is 2.81. The summed E-state index contributed by atoms with van der Waals surface area (Å²) in [5.74, 6) is -0.119. The quantitative estimate of drug-likeness (QED) is 0.818. The van der Waals surface area contributed by atoms with Gasteiger partial charge in [-0.2, -0.15) is 0 Å². The van der Waals surface area contributed by atoms with Crippen LogP contribution in [0.5, 0.6) is 0 Å². The number of amides is 1. The van der Waals surface area contributed by atoms with Gasteiger partial charge in [0.15, 0.2) is 0 Å². The Labute approximate surface area is 117 Å². The maximum atomic E-state index is 12.3. The molecule has 0 unspecified atom stereocenters. The molecule has 1 aromatic rings. The lowest BCUT2D eigenvalue weighted by Crippen LogP contribution is -2.34. The summed E-state index contributed by atoms with van der Waals surface area (Å²) in [5, 5.41) is 9.45. The summed E-state index contributed by atoms with van der Waals surface area (Å²) in [6.45, 7) is 2.93. The number of carbonyl (C=O) groups is 1. The molecule has 3 nitrogen and oxygen atoms in total. The first-order valence-corrected chi connectivity index (χ1v) is 7.48. The molecule has 0 aromatic heterocycles. The standard InChI is InChI=1S/C13H18ClNO2S/c1-3-6-15(7-8-16)13(17)11-9-10(18-2)4-5-12(11)14/h4-5,9,16H,3,6-8H2,1-2H3. The van der Waals surface area contributed by atoms with E-state index in [1.54, 1.807) is 28.8 Å². The number of carbonyl (C=O) groups excluding carboxylic acids is 1. The van der Waals surface area contributed by atoms with Gasteiger partial charge in [-0.15, -0.1) is 11.8 Å². The van der Waals surface area contributed by atoms with Crippen molar-refractivity contribution in [3.8, 4) is 0 Å². The Kier molecular flexibility index (Phi) is 6.54. The normalized spacial score (nSPS) is 10.4. The number of aliphatic hydroxyl groups excluding tert-OH is 1. The van der Waals surface area contributed by atoms with Crippen LogP contribution in [0.4, 0.5) is 0 Å². The number of hydrogen-bond donors (Lipinski definition) is 1. The van der Waals surface area contributed by atoms with Crippen molar-refractivity contribution in [2.45, 2.75) is 18.2 Å². The molecule has 0 spiro atoms. The van der Waals surface area contributed by atoms with E-state index in [4.69, 9.17) is 16.7 Å². The van der Waals surface area contributed by atoms with Crippen LogP contribution in [0.1, 0.15) is 23.7 Å². The molecule has 1 amide bonds. The maximum Gasteiger partial charge on any atom is 0.255 e. The average molecular weight is 288 g/mol. The van der Waals surface area contributed by atoms with E-state index >= 15 is 0 Å². The van der Waals surface area contributed by atoms with Crippen LogP contribution in [0.15, 0.2) is 23.1 Å². The van der Waals surface area contributed by atoms with Crippen LogP contribution >= 0.6 is 23.4 Å². The van der Waals surface area contributed by atoms with Crippen molar-refractivity contribution in [1.29, 1.82) is 0 Å². The molecule has 0 atom stereocenters. The number of hydrogen-bond acceptors (Lipinski definition) is 3. The van der Waals surface area contributed by atoms with Gasteiger partial charge in [0.05, 0.1) is 17.2 Å². The van der Waals surface area contributed by atoms with Gasteiger partial charge >= 0.3 is 0 Å². The van der Waals surface area contributed by atoms with Crippen LogP contribution in [0.25, 0.3) is 0 Å². The number of aliphatic hydroxyl groups is 1. The van der Waals surface area contributed by atoms with Gasteiger partial charge in [0.25, 0.3) is 5.91 Å². The Morgan fingerprint density at radius 1 is 1.44 bits per heavy atom. The molecule has 5 heteroatoms. The topological polar surface area (TPSA) is 40.5 Å². The second-order valence-electron chi connectivity index (χ2n) is 3.86. The molecular weight excluding hydrogens is 270 g/mol. The van der Waals surface area contributed by atoms with Crippen LogP contribution in [0, 0.1) is 0 Å². The van der Waals surface area contributed by atoms with Crippen molar-refractivity contribution in [2.24, 2.45) is 0 Å². The van der Waals surface area contributed by atoms with Crippen molar-refractivity contribution in [3.05, 3.63) is 28.8 Å². The van der Waals surface area contributed by atoms with E-state index in [2.05, 4.69) is 0 Å². The fourth-order valence-corrected chi connectivity index (χ4v) is 2.31. The van der Waals surface area contributed by atoms with Gasteiger partial charge in [0.1, 0.15) is 0 Å². The highest BCUT2D eigenvalue weighted by atomic mass is 35.5. The van der Waals surface area contributed by atoms with Crippen molar-refractivity contribution in [1.82, 2.24) is 4.90 Å². The van der Waals surface area contributed by atoms with Crippen LogP contribution < -0.4 is 0 Å². The highest BCUT2D eigenvalue weighted by Gasteiger charge is 2.17. The number of halogens is 1. The van der Waals surface area contributed by atoms with Crippen molar-refractivity contribution < 1.29 is 9.90 Å². The van der Waals surface area contributed by atoms with Gasteiger partial charge in [-0.3, -0.25) is 4.79 Å². The number of benzene rings is 1. The highest BCUT2D eigenvalue weighted by molar-refractivity contribution is 7.98. The Balaban J connectivity index is 2.99. The van der Waals surface area contributed by atoms with Gasteiger partial charge < -0.3 is 10.0 Å². The molecule has 0 aliphatic carbocycles. The second-order valence-corrected chi connectivity index (χ2v) is 5.15. The third-order valence-electron chi connectivity index (χ3n) is 2.55. The lowest BCUT2D eigenvalue weighted by Gasteiger charge is -2.21. The largest absolute Gasteiger partial charge is 0.395 e. The van der Waals surface area contributed by atoms with Crippen LogP contribution in [0.3, 0.4) is 0 Å². The first-order valence-electron chi connectivity index (χ1n) is 5.87. The average Bonchev–Trinajstić information content (AvgIpc) is 2.38. The number of thioether (sulfide) groups is 1. The third-order valence-corrected chi connectivity index (χ3v) is 3.61. The fraction of sp³-hybridized carbons (Fsp3) is 0.462. The first kappa shape index (κ1) is 15.3. The summed E-state index contributed by atoms with van der Waals surface area (Å²) in [5.41, 5.74) is 0.505. The third kappa shape index (κ3) is 3.90. The van der Waals surface area contributed by atoms with Crippen LogP contribution in [-0.2, 0) is 0 Å². The zero-order valence-electron chi connectivity index (χ0n) is 10.6. The molecule has 100 valence electrons. The minimum absolute atomic E-state index is 0.0361. The van der Waals surface area contributed by atoms with Crippen molar-refractivity contribution in [2.75, 3.05) is 26.0 Å². The Morgan fingerprint density at radius 2 is 2.17 bits per heavy atom. The van der Waals surface area contributed by atoms with E-state index in [9.17, 15) is 4.79 Å². The minimum atomic E-state index is -0.119. The molecule has 0 saturated carbocycles.